The first-order valence-electron chi connectivity index (χ1n) is 6.51. The van der Waals surface area contributed by atoms with Crippen molar-refractivity contribution in [1.82, 2.24) is 0 Å². The van der Waals surface area contributed by atoms with Gasteiger partial charge in [-0.2, -0.15) is 0 Å². The van der Waals surface area contributed by atoms with E-state index in [4.69, 9.17) is 18.9 Å². The lowest BCUT2D eigenvalue weighted by Gasteiger charge is -2.38. The Morgan fingerprint density at radius 1 is 1.32 bits per heavy atom. The average Bonchev–Trinajstić information content (AvgIpc) is 2.43. The monoisotopic (exact) mass is 270 g/mol. The summed E-state index contributed by atoms with van der Waals surface area (Å²) in [5.74, 6) is 1.54. The summed E-state index contributed by atoms with van der Waals surface area (Å²) in [5, 5.41) is 0. The van der Waals surface area contributed by atoms with Gasteiger partial charge in [-0.3, -0.25) is 0 Å². The van der Waals surface area contributed by atoms with Crippen LogP contribution in [0.2, 0.25) is 0 Å². The second kappa shape index (κ2) is 5.97. The van der Waals surface area contributed by atoms with E-state index >= 15 is 0 Å². The van der Waals surface area contributed by atoms with Crippen LogP contribution in [0.5, 0.6) is 0 Å². The van der Waals surface area contributed by atoms with Gasteiger partial charge in [0.25, 0.3) is 0 Å². The van der Waals surface area contributed by atoms with E-state index in [0.717, 1.165) is 12.8 Å². The fourth-order valence-electron chi connectivity index (χ4n) is 2.61. The number of hydrogen-bond donors (Lipinski definition) is 0. The zero-order valence-corrected chi connectivity index (χ0v) is 11.0. The Bertz CT molecular complexity index is 375. The molecule has 2 aliphatic rings. The summed E-state index contributed by atoms with van der Waals surface area (Å²) in [5.41, 5.74) is -0.237. The topological polar surface area (TPSA) is 71.1 Å². The van der Waals surface area contributed by atoms with Crippen LogP contribution in [0.15, 0.2) is 5.95 Å². The Hall–Kier alpha value is -1.68. The summed E-state index contributed by atoms with van der Waals surface area (Å²) in [6.07, 6.45) is 2.46. The molecular weight excluding hydrogens is 252 g/mol. The molecule has 0 N–H and O–H groups in total. The minimum Gasteiger partial charge on any atom is -0.457 e. The third-order valence-corrected chi connectivity index (χ3v) is 3.46. The lowest BCUT2D eigenvalue weighted by atomic mass is 9.78. The molecule has 2 rings (SSSR count). The predicted molar refractivity (Wildman–Crippen MR) is 63.9 cm³/mol. The molecule has 0 amide bonds. The van der Waals surface area contributed by atoms with Gasteiger partial charge < -0.3 is 18.9 Å². The highest BCUT2D eigenvalue weighted by molar-refractivity contribution is 5.60. The van der Waals surface area contributed by atoms with Crippen LogP contribution in [0.25, 0.3) is 0 Å². The summed E-state index contributed by atoms with van der Waals surface area (Å²) in [6, 6.07) is 0. The molecule has 2 saturated heterocycles. The Morgan fingerprint density at radius 3 is 2.68 bits per heavy atom. The molecule has 2 heterocycles. The van der Waals surface area contributed by atoms with Gasteiger partial charge in [-0.1, -0.05) is 13.3 Å². The highest BCUT2D eigenvalue weighted by atomic mass is 16.7. The number of rotatable bonds is 4. The van der Waals surface area contributed by atoms with Crippen LogP contribution < -0.4 is 0 Å². The summed E-state index contributed by atoms with van der Waals surface area (Å²) in [7, 11) is 0. The van der Waals surface area contributed by atoms with Gasteiger partial charge in [0.2, 0.25) is 5.94 Å². The normalized spacial score (nSPS) is 25.4. The maximum absolute atomic E-state index is 11.0. The number of cyclic esters (lactones) is 2. The lowest BCUT2D eigenvalue weighted by Crippen LogP contribution is -2.43. The Kier molecular flexibility index (Phi) is 4.32. The van der Waals surface area contributed by atoms with Gasteiger partial charge in [-0.05, 0) is 12.8 Å². The van der Waals surface area contributed by atoms with E-state index in [9.17, 15) is 9.59 Å². The fraction of sp³-hybridized carbons (Fsp3) is 0.769. The molecule has 1 unspecified atom stereocenters. The highest BCUT2D eigenvalue weighted by Gasteiger charge is 2.40. The van der Waals surface area contributed by atoms with Crippen molar-refractivity contribution in [2.24, 2.45) is 5.41 Å². The van der Waals surface area contributed by atoms with Crippen molar-refractivity contribution in [1.29, 1.82) is 0 Å². The van der Waals surface area contributed by atoms with E-state index in [0.29, 0.717) is 32.7 Å². The van der Waals surface area contributed by atoms with Crippen LogP contribution in [0.1, 0.15) is 32.6 Å². The van der Waals surface area contributed by atoms with Crippen LogP contribution >= 0.6 is 0 Å². The summed E-state index contributed by atoms with van der Waals surface area (Å²) in [4.78, 5) is 21.5. The number of carbonyl (C=O) groups is 1. The molecule has 0 radical (unpaired) electrons. The molecule has 0 aromatic heterocycles. The molecule has 6 heteroatoms. The first kappa shape index (κ1) is 13.7. The number of hydrogen-bond acceptors (Lipinski definition) is 6. The molecule has 0 bridgehead atoms. The van der Waals surface area contributed by atoms with Gasteiger partial charge in [0.05, 0.1) is 6.61 Å². The van der Waals surface area contributed by atoms with E-state index in [-0.39, 0.29) is 17.5 Å². The third kappa shape index (κ3) is 3.41. The van der Waals surface area contributed by atoms with Crippen molar-refractivity contribution < 1.29 is 28.5 Å². The van der Waals surface area contributed by atoms with E-state index in [1.165, 1.54) is 0 Å². The van der Waals surface area contributed by atoms with Crippen molar-refractivity contribution in [2.75, 3.05) is 19.8 Å². The molecule has 6 nitrogen and oxygen atoms in total. The second-order valence-corrected chi connectivity index (χ2v) is 5.05. The Morgan fingerprint density at radius 2 is 2.05 bits per heavy atom. The van der Waals surface area contributed by atoms with Gasteiger partial charge in [-0.15, -0.1) is 0 Å². The lowest BCUT2D eigenvalue weighted by molar-refractivity contribution is -0.114. The van der Waals surface area contributed by atoms with Gasteiger partial charge in [0.15, 0.2) is 0 Å². The van der Waals surface area contributed by atoms with Gasteiger partial charge in [-0.25, -0.2) is 9.59 Å². The Labute approximate surface area is 111 Å². The van der Waals surface area contributed by atoms with E-state index in [2.05, 4.69) is 6.92 Å². The molecule has 2 aliphatic heterocycles. The molecule has 1 atom stereocenters. The van der Waals surface area contributed by atoms with E-state index in [1.807, 2.05) is 0 Å². The van der Waals surface area contributed by atoms with E-state index < -0.39 is 6.16 Å². The second-order valence-electron chi connectivity index (χ2n) is 5.05. The van der Waals surface area contributed by atoms with E-state index in [1.54, 1.807) is 5.94 Å². The molecule has 0 spiro atoms. The molecule has 0 aliphatic carbocycles. The standard InChI is InChI=1S/C13H18O6/c1-2-4-13(8-17-12(15)18-9-13)6-10-3-5-16-11(7-14)19-10/h10H,2-6,8-9H2,1H3. The summed E-state index contributed by atoms with van der Waals surface area (Å²) in [6.45, 7) is 3.18. The molecule has 2 fully saturated rings. The molecule has 0 aromatic rings. The fourth-order valence-corrected chi connectivity index (χ4v) is 2.61. The quantitative estimate of drug-likeness (QED) is 0.573. The van der Waals surface area contributed by atoms with Gasteiger partial charge in [0.1, 0.15) is 19.3 Å². The van der Waals surface area contributed by atoms with Gasteiger partial charge in [0, 0.05) is 11.8 Å². The summed E-state index contributed by atoms with van der Waals surface area (Å²) >= 11 is 0. The summed E-state index contributed by atoms with van der Waals surface area (Å²) < 4.78 is 20.4. The first-order chi connectivity index (χ1) is 9.17. The smallest absolute Gasteiger partial charge is 0.457 e. The van der Waals surface area contributed by atoms with Crippen LogP contribution in [-0.4, -0.2) is 38.0 Å². The maximum atomic E-state index is 11.0. The molecule has 19 heavy (non-hydrogen) atoms. The van der Waals surface area contributed by atoms with Crippen molar-refractivity contribution in [3.8, 4) is 0 Å². The van der Waals surface area contributed by atoms with Crippen LogP contribution in [0.3, 0.4) is 0 Å². The Balaban J connectivity index is 2.00. The van der Waals surface area contributed by atoms with Crippen molar-refractivity contribution in [3.63, 3.8) is 0 Å². The largest absolute Gasteiger partial charge is 0.508 e. The third-order valence-electron chi connectivity index (χ3n) is 3.46. The number of carbonyl (C=O) groups excluding carboxylic acids is 2. The number of ether oxygens (including phenoxy) is 4. The van der Waals surface area contributed by atoms with Crippen molar-refractivity contribution in [2.45, 2.75) is 38.7 Å². The minimum absolute atomic E-state index is 0.0865. The van der Waals surface area contributed by atoms with Crippen LogP contribution in [-0.2, 0) is 23.7 Å². The zero-order valence-electron chi connectivity index (χ0n) is 11.0. The minimum atomic E-state index is -0.617. The molecular formula is C13H18O6. The zero-order chi connectivity index (χ0) is 13.7. The van der Waals surface area contributed by atoms with Crippen molar-refractivity contribution in [3.05, 3.63) is 5.95 Å². The van der Waals surface area contributed by atoms with Gasteiger partial charge >= 0.3 is 12.1 Å². The van der Waals surface area contributed by atoms with Crippen LogP contribution in [0, 0.1) is 5.41 Å². The van der Waals surface area contributed by atoms with Crippen molar-refractivity contribution >= 4 is 12.1 Å². The molecule has 0 aromatic carbocycles. The maximum Gasteiger partial charge on any atom is 0.508 e. The predicted octanol–water partition coefficient (Wildman–Crippen LogP) is 1.81. The highest BCUT2D eigenvalue weighted by Crippen LogP contribution is 2.36. The first-order valence-corrected chi connectivity index (χ1v) is 6.51. The SMILES string of the molecule is CCCC1(CC2CCOC(=C=O)O2)COC(=O)OC1. The van der Waals surface area contributed by atoms with Crippen LogP contribution in [0.4, 0.5) is 4.79 Å². The molecule has 0 saturated carbocycles. The molecule has 106 valence electrons. The average molecular weight is 270 g/mol.